The molecule has 0 aliphatic rings. The highest BCUT2D eigenvalue weighted by Crippen LogP contribution is 2.28. The third-order valence-electron chi connectivity index (χ3n) is 2.90. The van der Waals surface area contributed by atoms with Crippen LogP contribution < -0.4 is 15.8 Å². The summed E-state index contributed by atoms with van der Waals surface area (Å²) in [6.07, 6.45) is 1.67. The second-order valence-electron chi connectivity index (χ2n) is 4.63. The summed E-state index contributed by atoms with van der Waals surface area (Å²) in [6.45, 7) is 1.36. The van der Waals surface area contributed by atoms with Gasteiger partial charge in [-0.05, 0) is 12.5 Å². The number of urea groups is 1. The van der Waals surface area contributed by atoms with Crippen LogP contribution in [0.4, 0.5) is 9.93 Å². The molecule has 0 bridgehead atoms. The Morgan fingerprint density at radius 1 is 1.36 bits per heavy atom. The largest absolute Gasteiger partial charge is 0.336 e. The van der Waals surface area contributed by atoms with Gasteiger partial charge in [-0.2, -0.15) is 0 Å². The SMILES string of the molecule is C[C@@H](CNC(=O)Nc1ncc(-c2ccccc2)s1)S(N)(=O)=O. The molecule has 9 heteroatoms. The van der Waals surface area contributed by atoms with Crippen molar-refractivity contribution in [2.75, 3.05) is 11.9 Å². The van der Waals surface area contributed by atoms with E-state index >= 15 is 0 Å². The van der Waals surface area contributed by atoms with Gasteiger partial charge in [0.05, 0.1) is 10.1 Å². The topological polar surface area (TPSA) is 114 Å². The van der Waals surface area contributed by atoms with Gasteiger partial charge in [0.2, 0.25) is 10.0 Å². The lowest BCUT2D eigenvalue weighted by molar-refractivity contribution is 0.252. The van der Waals surface area contributed by atoms with Crippen LogP contribution in [0.1, 0.15) is 6.92 Å². The van der Waals surface area contributed by atoms with Gasteiger partial charge in [0, 0.05) is 12.7 Å². The zero-order valence-electron chi connectivity index (χ0n) is 11.8. The first-order chi connectivity index (χ1) is 10.4. The van der Waals surface area contributed by atoms with E-state index in [1.54, 1.807) is 6.20 Å². The highest BCUT2D eigenvalue weighted by atomic mass is 32.2. The fourth-order valence-electron chi connectivity index (χ4n) is 1.56. The van der Waals surface area contributed by atoms with Gasteiger partial charge in [0.1, 0.15) is 0 Å². The van der Waals surface area contributed by atoms with Crippen LogP contribution in [0.5, 0.6) is 0 Å². The first-order valence-corrected chi connectivity index (χ1v) is 8.86. The number of rotatable bonds is 5. The third kappa shape index (κ3) is 4.52. The number of hydrogen-bond donors (Lipinski definition) is 3. The first-order valence-electron chi connectivity index (χ1n) is 6.44. The summed E-state index contributed by atoms with van der Waals surface area (Å²) in [5, 5.41) is 9.56. The van der Waals surface area contributed by atoms with E-state index < -0.39 is 21.3 Å². The molecule has 1 atom stereocenters. The van der Waals surface area contributed by atoms with E-state index in [1.807, 2.05) is 30.3 Å². The summed E-state index contributed by atoms with van der Waals surface area (Å²) in [6, 6.07) is 9.14. The van der Waals surface area contributed by atoms with Gasteiger partial charge in [-0.15, -0.1) is 0 Å². The summed E-state index contributed by atoms with van der Waals surface area (Å²) in [4.78, 5) is 16.7. The molecule has 22 heavy (non-hydrogen) atoms. The molecule has 1 aromatic heterocycles. The minimum Gasteiger partial charge on any atom is -0.336 e. The maximum Gasteiger partial charge on any atom is 0.321 e. The predicted molar refractivity (Wildman–Crippen MR) is 87.1 cm³/mol. The number of sulfonamides is 1. The van der Waals surface area contributed by atoms with Crippen LogP contribution in [-0.2, 0) is 10.0 Å². The van der Waals surface area contributed by atoms with Gasteiger partial charge in [-0.25, -0.2) is 23.3 Å². The molecule has 118 valence electrons. The Balaban J connectivity index is 1.92. The molecule has 2 rings (SSSR count). The zero-order chi connectivity index (χ0) is 16.2. The molecule has 0 fully saturated rings. The van der Waals surface area contributed by atoms with Gasteiger partial charge in [-0.3, -0.25) is 5.32 Å². The Kier molecular flexibility index (Phi) is 5.11. The Morgan fingerprint density at radius 3 is 2.68 bits per heavy atom. The van der Waals surface area contributed by atoms with E-state index in [1.165, 1.54) is 18.3 Å². The van der Waals surface area contributed by atoms with Gasteiger partial charge in [0.25, 0.3) is 0 Å². The maximum atomic E-state index is 11.7. The van der Waals surface area contributed by atoms with Gasteiger partial charge < -0.3 is 5.32 Å². The van der Waals surface area contributed by atoms with Crippen molar-refractivity contribution in [3.63, 3.8) is 0 Å². The normalized spacial score (nSPS) is 12.6. The fourth-order valence-corrected chi connectivity index (χ4v) is 2.69. The van der Waals surface area contributed by atoms with Crippen molar-refractivity contribution < 1.29 is 13.2 Å². The average molecular weight is 340 g/mol. The number of carbonyl (C=O) groups is 1. The smallest absolute Gasteiger partial charge is 0.321 e. The molecule has 0 saturated heterocycles. The molecule has 0 radical (unpaired) electrons. The molecule has 0 aliphatic carbocycles. The second-order valence-corrected chi connectivity index (χ2v) is 7.64. The molecule has 2 aromatic rings. The molecular formula is C13H16N4O3S2. The molecule has 1 heterocycles. The first kappa shape index (κ1) is 16.4. The van der Waals surface area contributed by atoms with Crippen LogP contribution in [0.25, 0.3) is 10.4 Å². The number of carbonyl (C=O) groups excluding carboxylic acids is 1. The molecule has 1 aromatic carbocycles. The minimum atomic E-state index is -3.66. The van der Waals surface area contributed by atoms with Crippen molar-refractivity contribution in [1.29, 1.82) is 0 Å². The van der Waals surface area contributed by atoms with Crippen LogP contribution in [0.2, 0.25) is 0 Å². The summed E-state index contributed by atoms with van der Waals surface area (Å²) in [5.74, 6) is 0. The predicted octanol–water partition coefficient (Wildman–Crippen LogP) is 1.61. The molecule has 7 nitrogen and oxygen atoms in total. The molecule has 2 amide bonds. The summed E-state index contributed by atoms with van der Waals surface area (Å²) in [7, 11) is -3.66. The quantitative estimate of drug-likeness (QED) is 0.767. The van der Waals surface area contributed by atoms with E-state index in [0.717, 1.165) is 10.4 Å². The van der Waals surface area contributed by atoms with Crippen molar-refractivity contribution in [3.8, 4) is 10.4 Å². The lowest BCUT2D eigenvalue weighted by atomic mass is 10.2. The van der Waals surface area contributed by atoms with Crippen LogP contribution in [0.3, 0.4) is 0 Å². The number of benzene rings is 1. The average Bonchev–Trinajstić information content (AvgIpc) is 2.93. The number of amides is 2. The Bertz CT molecular complexity index is 744. The van der Waals surface area contributed by atoms with Crippen molar-refractivity contribution in [2.45, 2.75) is 12.2 Å². The van der Waals surface area contributed by atoms with Crippen molar-refractivity contribution in [2.24, 2.45) is 5.14 Å². The zero-order valence-corrected chi connectivity index (χ0v) is 13.4. The molecule has 4 N–H and O–H groups in total. The second kappa shape index (κ2) is 6.86. The Hall–Kier alpha value is -1.97. The number of nitrogens with two attached hydrogens (primary N) is 1. The molecule has 0 aliphatic heterocycles. The Labute approximate surface area is 132 Å². The van der Waals surface area contributed by atoms with E-state index in [9.17, 15) is 13.2 Å². The van der Waals surface area contributed by atoms with Gasteiger partial charge in [0.15, 0.2) is 5.13 Å². The number of aromatic nitrogens is 1. The van der Waals surface area contributed by atoms with E-state index in [-0.39, 0.29) is 6.54 Å². The summed E-state index contributed by atoms with van der Waals surface area (Å²) < 4.78 is 22.1. The van der Waals surface area contributed by atoms with Crippen LogP contribution >= 0.6 is 11.3 Å². The minimum absolute atomic E-state index is 0.0679. The van der Waals surface area contributed by atoms with E-state index in [2.05, 4.69) is 15.6 Å². The monoisotopic (exact) mass is 340 g/mol. The van der Waals surface area contributed by atoms with Gasteiger partial charge in [-0.1, -0.05) is 41.7 Å². The van der Waals surface area contributed by atoms with Crippen molar-refractivity contribution >= 4 is 32.5 Å². The Morgan fingerprint density at radius 2 is 2.05 bits per heavy atom. The van der Waals surface area contributed by atoms with Crippen molar-refractivity contribution in [3.05, 3.63) is 36.5 Å². The van der Waals surface area contributed by atoms with Crippen LogP contribution in [-0.4, -0.2) is 31.2 Å². The molecule has 0 saturated carbocycles. The number of primary sulfonamides is 1. The van der Waals surface area contributed by atoms with Crippen LogP contribution in [0, 0.1) is 0 Å². The number of hydrogen-bond acceptors (Lipinski definition) is 5. The number of nitrogens with one attached hydrogen (secondary N) is 2. The fraction of sp³-hybridized carbons (Fsp3) is 0.231. The standard InChI is InChI=1S/C13H16N4O3S2/c1-9(22(14,19)20)7-15-12(18)17-13-16-8-11(21-13)10-5-3-2-4-6-10/h2-6,8-9H,7H2,1H3,(H2,14,19,20)(H2,15,16,17,18)/t9-/m0/s1. The van der Waals surface area contributed by atoms with Gasteiger partial charge >= 0.3 is 6.03 Å². The number of anilines is 1. The number of thiazole rings is 1. The lowest BCUT2D eigenvalue weighted by Gasteiger charge is -2.10. The van der Waals surface area contributed by atoms with E-state index in [4.69, 9.17) is 5.14 Å². The van der Waals surface area contributed by atoms with E-state index in [0.29, 0.717) is 5.13 Å². The molecule has 0 spiro atoms. The van der Waals surface area contributed by atoms with Crippen molar-refractivity contribution in [1.82, 2.24) is 10.3 Å². The third-order valence-corrected chi connectivity index (χ3v) is 5.15. The molecular weight excluding hydrogens is 324 g/mol. The number of nitrogens with zero attached hydrogens (tertiary/aromatic N) is 1. The summed E-state index contributed by atoms with van der Waals surface area (Å²) >= 11 is 1.33. The highest BCUT2D eigenvalue weighted by molar-refractivity contribution is 7.89. The maximum absolute atomic E-state index is 11.7. The lowest BCUT2D eigenvalue weighted by Crippen LogP contribution is -2.39. The highest BCUT2D eigenvalue weighted by Gasteiger charge is 2.16. The van der Waals surface area contributed by atoms with Crippen LogP contribution in [0.15, 0.2) is 36.5 Å². The summed E-state index contributed by atoms with van der Waals surface area (Å²) in [5.41, 5.74) is 1.01. The molecule has 0 unspecified atom stereocenters.